The Morgan fingerprint density at radius 1 is 1.22 bits per heavy atom. The monoisotopic (exact) mass is 461 g/mol. The molecule has 0 aromatic carbocycles. The Bertz CT molecular complexity index is 948. The molecule has 0 bridgehead atoms. The van der Waals surface area contributed by atoms with Crippen molar-refractivity contribution in [2.75, 3.05) is 31.5 Å². The summed E-state index contributed by atoms with van der Waals surface area (Å²) < 4.78 is 39.5. The zero-order valence-corrected chi connectivity index (χ0v) is 17.5. The number of nitrogens with zero attached hydrogens (tertiary/aromatic N) is 4. The average Bonchev–Trinajstić information content (AvgIpc) is 2.87. The van der Waals surface area contributed by atoms with Gasteiger partial charge in [-0.05, 0) is 11.8 Å². The van der Waals surface area contributed by atoms with Gasteiger partial charge in [0.15, 0.2) is 23.9 Å². The van der Waals surface area contributed by atoms with E-state index in [1.807, 2.05) is 0 Å². The summed E-state index contributed by atoms with van der Waals surface area (Å²) in [6, 6.07) is 0. The third-order valence-electron chi connectivity index (χ3n) is 2.85. The first kappa shape index (κ1) is 22.5. The van der Waals surface area contributed by atoms with Crippen molar-refractivity contribution in [3.05, 3.63) is 12.7 Å². The molecule has 0 aliphatic heterocycles. The summed E-state index contributed by atoms with van der Waals surface area (Å²) in [5.41, 5.74) is 6.62. The first-order valence-corrected chi connectivity index (χ1v) is 13.8. The van der Waals surface area contributed by atoms with Crippen molar-refractivity contribution >= 4 is 50.5 Å². The number of ether oxygens (including phenoxy) is 1. The Hall–Kier alpha value is -0.780. The van der Waals surface area contributed by atoms with Gasteiger partial charge in [0.25, 0.3) is 0 Å². The Balaban J connectivity index is 1.80. The second-order valence-corrected chi connectivity index (χ2v) is 13.5. The van der Waals surface area contributed by atoms with Crippen LogP contribution in [-0.4, -0.2) is 60.0 Å². The second-order valence-electron chi connectivity index (χ2n) is 5.31. The lowest BCUT2D eigenvalue weighted by Crippen LogP contribution is -2.08. The van der Waals surface area contributed by atoms with E-state index in [1.165, 1.54) is 19.3 Å². The number of anilines is 1. The number of aromatic nitrogens is 4. The Morgan fingerprint density at radius 2 is 1.93 bits per heavy atom. The highest BCUT2D eigenvalue weighted by atomic mass is 32.5. The zero-order valence-electron chi connectivity index (χ0n) is 14.0. The van der Waals surface area contributed by atoms with Crippen LogP contribution in [0.2, 0.25) is 0 Å². The second kappa shape index (κ2) is 8.71. The molecule has 0 fully saturated rings. The van der Waals surface area contributed by atoms with Gasteiger partial charge in [-0.1, -0.05) is 0 Å². The van der Waals surface area contributed by atoms with E-state index < -0.39 is 27.6 Å². The Labute approximate surface area is 158 Å². The topological polar surface area (TPSA) is 192 Å². The van der Waals surface area contributed by atoms with Crippen LogP contribution in [0.1, 0.15) is 0 Å². The predicted octanol–water partition coefficient (Wildman–Crippen LogP) is 0.676. The lowest BCUT2D eigenvalue weighted by Gasteiger charge is -2.21. The summed E-state index contributed by atoms with van der Waals surface area (Å²) >= 11 is 4.97. The van der Waals surface area contributed by atoms with Crippen LogP contribution in [0.4, 0.5) is 5.82 Å². The van der Waals surface area contributed by atoms with Crippen LogP contribution in [0.5, 0.6) is 0 Å². The fraction of sp³-hybridized carbons (Fsp3) is 0.500. The molecule has 2 heterocycles. The minimum Gasteiger partial charge on any atom is -0.382 e. The summed E-state index contributed by atoms with van der Waals surface area (Å²) in [5, 5.41) is 0. The molecule has 152 valence electrons. The van der Waals surface area contributed by atoms with Crippen molar-refractivity contribution in [3.63, 3.8) is 0 Å². The molecular weight excluding hydrogens is 443 g/mol. The Morgan fingerprint density at radius 3 is 2.59 bits per heavy atom. The molecule has 0 radical (unpaired) electrons. The SMILES string of the molecule is CP(=S)(OCCOCn1cnc2c(N)ncnc21)OP(=O)(O)CP(=O)(O)O. The molecule has 17 heteroatoms. The van der Waals surface area contributed by atoms with Gasteiger partial charge in [0.05, 0.1) is 19.5 Å². The zero-order chi connectivity index (χ0) is 20.3. The van der Waals surface area contributed by atoms with E-state index in [0.29, 0.717) is 11.2 Å². The number of imidazole rings is 1. The van der Waals surface area contributed by atoms with Crippen LogP contribution in [0, 0.1) is 0 Å². The summed E-state index contributed by atoms with van der Waals surface area (Å²) in [5.74, 6) is -1.08. The molecule has 0 saturated heterocycles. The summed E-state index contributed by atoms with van der Waals surface area (Å²) in [7, 11) is -9.32. The molecule has 0 amide bonds. The average molecular weight is 461 g/mol. The first-order valence-electron chi connectivity index (χ1n) is 7.17. The lowest BCUT2D eigenvalue weighted by atomic mass is 10.5. The normalized spacial score (nSPS) is 16.9. The summed E-state index contributed by atoms with van der Waals surface area (Å²) in [4.78, 5) is 39.0. The minimum atomic E-state index is -4.74. The van der Waals surface area contributed by atoms with Gasteiger partial charge in [0.1, 0.15) is 18.6 Å². The van der Waals surface area contributed by atoms with E-state index in [-0.39, 0.29) is 25.8 Å². The van der Waals surface area contributed by atoms with Gasteiger partial charge in [-0.2, -0.15) is 0 Å². The predicted molar refractivity (Wildman–Crippen MR) is 99.7 cm³/mol. The van der Waals surface area contributed by atoms with Crippen molar-refractivity contribution in [1.82, 2.24) is 19.5 Å². The first-order chi connectivity index (χ1) is 12.4. The molecule has 0 saturated carbocycles. The summed E-state index contributed by atoms with van der Waals surface area (Å²) in [6.45, 7) is -1.85. The number of nitrogen functional groups attached to an aromatic ring is 1. The van der Waals surface area contributed by atoms with E-state index in [0.717, 1.165) is 0 Å². The minimum absolute atomic E-state index is 0.0596. The number of rotatable bonds is 10. The van der Waals surface area contributed by atoms with Crippen LogP contribution in [0.25, 0.3) is 11.2 Å². The highest BCUT2D eigenvalue weighted by molar-refractivity contribution is 8.11. The van der Waals surface area contributed by atoms with Gasteiger partial charge in [0, 0.05) is 6.66 Å². The van der Waals surface area contributed by atoms with Crippen molar-refractivity contribution < 1.29 is 37.4 Å². The van der Waals surface area contributed by atoms with E-state index in [1.54, 1.807) is 4.57 Å². The molecule has 0 aliphatic carbocycles. The largest absolute Gasteiger partial charge is 0.382 e. The van der Waals surface area contributed by atoms with Crippen molar-refractivity contribution in [1.29, 1.82) is 0 Å². The maximum atomic E-state index is 11.7. The standard InChI is InChI=1S/C10H18N5O8P3S/c1-24(27,23-26(19,20)7-25(16,17)18)22-3-2-21-6-15-5-14-8-9(11)12-4-13-10(8)15/h4-5H,2-3,6-7H2,1H3,(H,19,20)(H2,11,12,13)(H2,16,17,18). The number of hydrogen-bond acceptors (Lipinski definition) is 10. The third-order valence-corrected chi connectivity index (χ3v) is 9.53. The molecule has 2 rings (SSSR count). The molecule has 0 aliphatic rings. The van der Waals surface area contributed by atoms with E-state index in [4.69, 9.17) is 40.9 Å². The fourth-order valence-corrected chi connectivity index (χ4v) is 8.08. The number of fused-ring (bicyclic) bond motifs is 1. The van der Waals surface area contributed by atoms with Crippen LogP contribution in [0.15, 0.2) is 12.7 Å². The molecule has 13 nitrogen and oxygen atoms in total. The highest BCUT2D eigenvalue weighted by Gasteiger charge is 2.35. The van der Waals surface area contributed by atoms with Crippen LogP contribution >= 0.6 is 21.7 Å². The maximum absolute atomic E-state index is 11.7. The van der Waals surface area contributed by atoms with Crippen LogP contribution < -0.4 is 5.73 Å². The molecule has 2 aromatic heterocycles. The van der Waals surface area contributed by atoms with E-state index in [9.17, 15) is 14.0 Å². The maximum Gasteiger partial charge on any atom is 0.345 e. The quantitative estimate of drug-likeness (QED) is 0.285. The van der Waals surface area contributed by atoms with E-state index in [2.05, 4.69) is 15.0 Å². The highest BCUT2D eigenvalue weighted by Crippen LogP contribution is 2.65. The lowest BCUT2D eigenvalue weighted by molar-refractivity contribution is 0.0562. The van der Waals surface area contributed by atoms with Crippen molar-refractivity contribution in [2.45, 2.75) is 6.73 Å². The van der Waals surface area contributed by atoms with Crippen LogP contribution in [0.3, 0.4) is 0 Å². The molecule has 5 N–H and O–H groups in total. The molecule has 0 spiro atoms. The smallest absolute Gasteiger partial charge is 0.345 e. The van der Waals surface area contributed by atoms with Gasteiger partial charge >= 0.3 is 15.2 Å². The summed E-state index contributed by atoms with van der Waals surface area (Å²) in [6.07, 6.45) is 2.78. The van der Waals surface area contributed by atoms with Gasteiger partial charge in [-0.25, -0.2) is 15.0 Å². The van der Waals surface area contributed by atoms with Gasteiger partial charge in [-0.15, -0.1) is 0 Å². The van der Waals surface area contributed by atoms with Crippen LogP contribution in [-0.2, 0) is 41.2 Å². The van der Waals surface area contributed by atoms with Crippen molar-refractivity contribution in [3.8, 4) is 0 Å². The number of hydrogen-bond donors (Lipinski definition) is 4. The molecule has 2 atom stereocenters. The fourth-order valence-electron chi connectivity index (χ4n) is 1.93. The molecule has 2 unspecified atom stereocenters. The van der Waals surface area contributed by atoms with Gasteiger partial charge in [0.2, 0.25) is 0 Å². The Kier molecular flexibility index (Phi) is 7.26. The molecule has 2 aromatic rings. The molecule has 27 heavy (non-hydrogen) atoms. The molecular formula is C10H18N5O8P3S. The third kappa shape index (κ3) is 7.28. The van der Waals surface area contributed by atoms with Crippen molar-refractivity contribution in [2.24, 2.45) is 0 Å². The van der Waals surface area contributed by atoms with E-state index >= 15 is 0 Å². The van der Waals surface area contributed by atoms with Gasteiger partial charge < -0.3 is 29.7 Å². The van der Waals surface area contributed by atoms with Gasteiger partial charge in [-0.3, -0.25) is 18.0 Å². The number of nitrogens with two attached hydrogens (primary N) is 1.